The van der Waals surface area contributed by atoms with Crippen molar-refractivity contribution < 1.29 is 19.4 Å². The highest BCUT2D eigenvalue weighted by Crippen LogP contribution is 2.45. The normalized spacial score (nSPS) is 24.5. The minimum atomic E-state index is -1.13. The fourth-order valence-corrected chi connectivity index (χ4v) is 6.42. The number of ether oxygens (including phenoxy) is 2. The van der Waals surface area contributed by atoms with Crippen molar-refractivity contribution in [2.75, 3.05) is 19.8 Å². The molecule has 6 rings (SSSR count). The lowest BCUT2D eigenvalue weighted by Gasteiger charge is -2.51. The lowest BCUT2D eigenvalue weighted by atomic mass is 9.75. The number of fused-ring (bicyclic) bond motifs is 5. The van der Waals surface area contributed by atoms with Crippen LogP contribution in [0.25, 0.3) is 11.1 Å². The Labute approximate surface area is 210 Å². The summed E-state index contributed by atoms with van der Waals surface area (Å²) in [5.41, 5.74) is 5.71. The van der Waals surface area contributed by atoms with E-state index in [2.05, 4.69) is 30.3 Å². The highest BCUT2D eigenvalue weighted by atomic mass is 16.6. The summed E-state index contributed by atoms with van der Waals surface area (Å²) in [6.07, 6.45) is 0.312. The second kappa shape index (κ2) is 8.77. The van der Waals surface area contributed by atoms with Gasteiger partial charge in [0.2, 0.25) is 0 Å². The predicted octanol–water partition coefficient (Wildman–Crippen LogP) is 4.87. The van der Waals surface area contributed by atoms with Gasteiger partial charge in [-0.1, -0.05) is 60.7 Å². The monoisotopic (exact) mass is 480 g/mol. The van der Waals surface area contributed by atoms with Crippen molar-refractivity contribution >= 4 is 6.09 Å². The maximum Gasteiger partial charge on any atom is 0.410 e. The first-order valence-electron chi connectivity index (χ1n) is 12.4. The zero-order valence-electron chi connectivity index (χ0n) is 20.2. The lowest BCUT2D eigenvalue weighted by molar-refractivity contribution is -0.136. The number of aliphatic hydroxyl groups is 1. The quantitative estimate of drug-likeness (QED) is 0.579. The molecule has 0 spiro atoms. The number of rotatable bonds is 3. The maximum atomic E-state index is 13.4. The van der Waals surface area contributed by atoms with E-state index in [1.54, 1.807) is 11.0 Å². The molecule has 2 unspecified atom stereocenters. The summed E-state index contributed by atoms with van der Waals surface area (Å²) in [4.78, 5) is 15.2. The van der Waals surface area contributed by atoms with E-state index < -0.39 is 5.60 Å². The Morgan fingerprint density at radius 3 is 2.25 bits per heavy atom. The van der Waals surface area contributed by atoms with Gasteiger partial charge in [0.25, 0.3) is 0 Å². The van der Waals surface area contributed by atoms with Crippen LogP contribution in [0.2, 0.25) is 0 Å². The van der Waals surface area contributed by atoms with Crippen molar-refractivity contribution in [2.45, 2.75) is 43.4 Å². The number of carbonyl (C=O) groups excluding carboxylic acids is 1. The first-order valence-corrected chi connectivity index (χ1v) is 12.4. The fourth-order valence-electron chi connectivity index (χ4n) is 6.42. The number of nitrogens with zero attached hydrogens (tertiary/aromatic N) is 2. The van der Waals surface area contributed by atoms with Crippen molar-refractivity contribution in [1.29, 1.82) is 5.26 Å². The average Bonchev–Trinajstić information content (AvgIpc) is 3.20. The van der Waals surface area contributed by atoms with Crippen LogP contribution >= 0.6 is 0 Å². The highest BCUT2D eigenvalue weighted by Gasteiger charge is 2.50. The number of hydrogen-bond donors (Lipinski definition) is 1. The molecule has 36 heavy (non-hydrogen) atoms. The molecule has 1 N–H and O–H groups in total. The molecular formula is C30H28N2O4. The van der Waals surface area contributed by atoms with Crippen LogP contribution < -0.4 is 0 Å². The van der Waals surface area contributed by atoms with Gasteiger partial charge in [0.1, 0.15) is 6.61 Å². The first kappa shape index (κ1) is 22.8. The van der Waals surface area contributed by atoms with Crippen LogP contribution in [-0.4, -0.2) is 48.0 Å². The van der Waals surface area contributed by atoms with E-state index >= 15 is 0 Å². The van der Waals surface area contributed by atoms with E-state index in [1.165, 1.54) is 22.3 Å². The largest absolute Gasteiger partial charge is 0.448 e. The standard InChI is InChI=1S/C30H28N2O4/c1-19-20(15-31)7-6-12-28(19)30(34)13-21-16-35-17-22(14-30)32(21)29(33)36-18-27-25-10-4-2-8-23(25)24-9-3-5-11-26(24)27/h2-12,21-22,27,34H,13-14,16-18H2,1H3. The molecule has 2 heterocycles. The van der Waals surface area contributed by atoms with Crippen LogP contribution in [0.1, 0.15) is 46.6 Å². The molecule has 2 aliphatic heterocycles. The van der Waals surface area contributed by atoms with Crippen molar-refractivity contribution in [2.24, 2.45) is 0 Å². The van der Waals surface area contributed by atoms with Gasteiger partial charge in [0.05, 0.1) is 42.5 Å². The van der Waals surface area contributed by atoms with Gasteiger partial charge in [-0.2, -0.15) is 5.26 Å². The first-order chi connectivity index (χ1) is 17.5. The van der Waals surface area contributed by atoms with Gasteiger partial charge in [-0.05, 0) is 46.4 Å². The molecule has 2 atom stereocenters. The summed E-state index contributed by atoms with van der Waals surface area (Å²) in [5, 5.41) is 21.2. The number of piperidine rings is 1. The Morgan fingerprint density at radius 1 is 1.03 bits per heavy atom. The zero-order valence-corrected chi connectivity index (χ0v) is 20.2. The van der Waals surface area contributed by atoms with Gasteiger partial charge in [-0.25, -0.2) is 4.79 Å². The van der Waals surface area contributed by atoms with Crippen molar-refractivity contribution in [3.05, 3.63) is 94.5 Å². The number of benzene rings is 3. The summed E-state index contributed by atoms with van der Waals surface area (Å²) >= 11 is 0. The van der Waals surface area contributed by atoms with Gasteiger partial charge < -0.3 is 14.6 Å². The molecule has 182 valence electrons. The average molecular weight is 481 g/mol. The molecule has 0 radical (unpaired) electrons. The zero-order chi connectivity index (χ0) is 24.9. The Balaban J connectivity index is 1.22. The molecule has 0 aromatic heterocycles. The third-order valence-corrected chi connectivity index (χ3v) is 8.06. The Kier molecular flexibility index (Phi) is 5.55. The molecule has 6 heteroatoms. The van der Waals surface area contributed by atoms with Crippen molar-refractivity contribution in [3.8, 4) is 17.2 Å². The van der Waals surface area contributed by atoms with Gasteiger partial charge >= 0.3 is 6.09 Å². The minimum absolute atomic E-state index is 0.00413. The number of amides is 1. The Hall–Kier alpha value is -3.66. The number of morpholine rings is 1. The van der Waals surface area contributed by atoms with E-state index in [1.807, 2.05) is 43.3 Å². The van der Waals surface area contributed by atoms with Gasteiger partial charge in [0, 0.05) is 18.8 Å². The minimum Gasteiger partial charge on any atom is -0.448 e. The topological polar surface area (TPSA) is 82.8 Å². The summed E-state index contributed by atoms with van der Waals surface area (Å²) < 4.78 is 11.7. The van der Waals surface area contributed by atoms with E-state index in [0.717, 1.165) is 11.1 Å². The molecular weight excluding hydrogens is 452 g/mol. The second-order valence-corrected chi connectivity index (χ2v) is 10.1. The molecule has 3 aromatic rings. The molecule has 0 saturated carbocycles. The van der Waals surface area contributed by atoms with E-state index in [9.17, 15) is 15.2 Å². The Bertz CT molecular complexity index is 1320. The number of nitriles is 1. The second-order valence-electron chi connectivity index (χ2n) is 10.1. The molecule has 3 aromatic carbocycles. The number of hydrogen-bond acceptors (Lipinski definition) is 5. The molecule has 2 bridgehead atoms. The van der Waals surface area contributed by atoms with E-state index in [4.69, 9.17) is 9.47 Å². The van der Waals surface area contributed by atoms with E-state index in [-0.39, 0.29) is 30.7 Å². The van der Waals surface area contributed by atoms with Crippen LogP contribution in [-0.2, 0) is 15.1 Å². The summed E-state index contributed by atoms with van der Waals surface area (Å²) in [7, 11) is 0. The molecule has 1 amide bonds. The highest BCUT2D eigenvalue weighted by molar-refractivity contribution is 5.79. The maximum absolute atomic E-state index is 13.4. The fraction of sp³-hybridized carbons (Fsp3) is 0.333. The van der Waals surface area contributed by atoms with Crippen LogP contribution in [0.3, 0.4) is 0 Å². The molecule has 2 saturated heterocycles. The van der Waals surface area contributed by atoms with E-state index in [0.29, 0.717) is 31.6 Å². The van der Waals surface area contributed by atoms with Gasteiger partial charge in [-0.15, -0.1) is 0 Å². The number of carbonyl (C=O) groups is 1. The van der Waals surface area contributed by atoms with Gasteiger partial charge in [-0.3, -0.25) is 4.90 Å². The SMILES string of the molecule is Cc1c(C#N)cccc1C1(O)CC2COCC(C1)N2C(=O)OCC1c2ccccc2-c2ccccc21. The smallest absolute Gasteiger partial charge is 0.410 e. The summed E-state index contributed by atoms with van der Waals surface area (Å²) in [5.74, 6) is -0.00413. The van der Waals surface area contributed by atoms with Crippen LogP contribution in [0, 0.1) is 18.3 Å². The summed E-state index contributed by atoms with van der Waals surface area (Å²) in [6.45, 7) is 2.83. The van der Waals surface area contributed by atoms with Crippen molar-refractivity contribution in [1.82, 2.24) is 4.90 Å². The summed E-state index contributed by atoms with van der Waals surface area (Å²) in [6, 6.07) is 23.6. The van der Waals surface area contributed by atoms with Crippen LogP contribution in [0.4, 0.5) is 4.79 Å². The third-order valence-electron chi connectivity index (χ3n) is 8.06. The lowest BCUT2D eigenvalue weighted by Crippen LogP contribution is -2.62. The predicted molar refractivity (Wildman–Crippen MR) is 134 cm³/mol. The molecule has 3 aliphatic rings. The van der Waals surface area contributed by atoms with Gasteiger partial charge in [0.15, 0.2) is 0 Å². The van der Waals surface area contributed by atoms with Crippen LogP contribution in [0.5, 0.6) is 0 Å². The molecule has 6 nitrogen and oxygen atoms in total. The molecule has 1 aliphatic carbocycles. The van der Waals surface area contributed by atoms with Crippen LogP contribution in [0.15, 0.2) is 66.7 Å². The molecule has 2 fully saturated rings. The third kappa shape index (κ3) is 3.59. The Morgan fingerprint density at radius 2 is 1.64 bits per heavy atom. The van der Waals surface area contributed by atoms with Crippen molar-refractivity contribution in [3.63, 3.8) is 0 Å².